The molecule has 21 heavy (non-hydrogen) atoms. The van der Waals surface area contributed by atoms with Crippen molar-refractivity contribution in [1.29, 1.82) is 0 Å². The van der Waals surface area contributed by atoms with Crippen LogP contribution in [-0.2, 0) is 16.0 Å². The molecule has 2 N–H and O–H groups in total. The Labute approximate surface area is 125 Å². The van der Waals surface area contributed by atoms with Crippen LogP contribution in [0.1, 0.15) is 42.9 Å². The van der Waals surface area contributed by atoms with Gasteiger partial charge in [-0.1, -0.05) is 24.3 Å². The van der Waals surface area contributed by atoms with Crippen molar-refractivity contribution < 1.29 is 14.6 Å². The molecule has 0 spiro atoms. The highest BCUT2D eigenvalue weighted by Gasteiger charge is 2.51. The number of aliphatic carboxylic acids is 1. The average molecular weight is 289 g/mol. The van der Waals surface area contributed by atoms with E-state index in [9.17, 15) is 9.90 Å². The van der Waals surface area contributed by atoms with Crippen LogP contribution in [0.2, 0.25) is 0 Å². The zero-order valence-electron chi connectivity index (χ0n) is 12.5. The summed E-state index contributed by atoms with van der Waals surface area (Å²) in [6, 6.07) is 8.34. The summed E-state index contributed by atoms with van der Waals surface area (Å²) < 4.78 is 6.09. The number of carbonyl (C=O) groups is 1. The molecule has 1 fully saturated rings. The van der Waals surface area contributed by atoms with E-state index in [0.29, 0.717) is 0 Å². The third kappa shape index (κ3) is 2.70. The van der Waals surface area contributed by atoms with E-state index in [-0.39, 0.29) is 18.6 Å². The molecule has 2 aliphatic carbocycles. The number of fused-ring (bicyclic) bond motifs is 1. The van der Waals surface area contributed by atoms with Crippen LogP contribution in [0.15, 0.2) is 24.3 Å². The Bertz CT molecular complexity index is 527. The van der Waals surface area contributed by atoms with Gasteiger partial charge in [0.25, 0.3) is 0 Å². The molecule has 0 aromatic heterocycles. The van der Waals surface area contributed by atoms with Gasteiger partial charge in [0.15, 0.2) is 0 Å². The van der Waals surface area contributed by atoms with Crippen molar-refractivity contribution in [2.45, 2.75) is 43.7 Å². The molecule has 3 rings (SSSR count). The lowest BCUT2D eigenvalue weighted by molar-refractivity contribution is -0.150. The molecule has 4 heteroatoms. The van der Waals surface area contributed by atoms with Crippen LogP contribution in [0, 0.1) is 5.92 Å². The Kier molecular flexibility index (Phi) is 4.00. The molecular formula is C17H23NO3. The molecular weight excluding hydrogens is 266 g/mol. The fraction of sp³-hybridized carbons (Fsp3) is 0.588. The van der Waals surface area contributed by atoms with Crippen molar-refractivity contribution in [3.8, 4) is 0 Å². The molecule has 1 saturated carbocycles. The van der Waals surface area contributed by atoms with Crippen molar-refractivity contribution >= 4 is 5.97 Å². The first-order valence-electron chi connectivity index (χ1n) is 7.79. The van der Waals surface area contributed by atoms with Crippen molar-refractivity contribution in [3.63, 3.8) is 0 Å². The van der Waals surface area contributed by atoms with Crippen LogP contribution in [0.4, 0.5) is 0 Å². The van der Waals surface area contributed by atoms with E-state index in [1.54, 1.807) is 7.05 Å². The minimum Gasteiger partial charge on any atom is -0.480 e. The summed E-state index contributed by atoms with van der Waals surface area (Å²) >= 11 is 0. The number of carboxylic acids is 1. The van der Waals surface area contributed by atoms with Gasteiger partial charge < -0.3 is 15.2 Å². The van der Waals surface area contributed by atoms with Crippen LogP contribution in [0.3, 0.4) is 0 Å². The molecule has 0 aliphatic heterocycles. The van der Waals surface area contributed by atoms with E-state index >= 15 is 0 Å². The summed E-state index contributed by atoms with van der Waals surface area (Å²) in [5.74, 6) is -0.601. The Morgan fingerprint density at radius 1 is 1.38 bits per heavy atom. The Morgan fingerprint density at radius 3 is 2.81 bits per heavy atom. The van der Waals surface area contributed by atoms with Crippen molar-refractivity contribution in [2.75, 3.05) is 13.7 Å². The average Bonchev–Trinajstić information content (AvgIpc) is 3.33. The maximum Gasteiger partial charge on any atom is 0.326 e. The molecule has 1 aromatic carbocycles. The van der Waals surface area contributed by atoms with Crippen LogP contribution in [-0.4, -0.2) is 30.3 Å². The second-order valence-corrected chi connectivity index (χ2v) is 6.19. The number of hydrogen-bond donors (Lipinski definition) is 2. The molecule has 0 bridgehead atoms. The topological polar surface area (TPSA) is 58.6 Å². The summed E-state index contributed by atoms with van der Waals surface area (Å²) in [5.41, 5.74) is 1.65. The predicted octanol–water partition coefficient (Wildman–Crippen LogP) is 2.53. The van der Waals surface area contributed by atoms with E-state index in [1.807, 2.05) is 6.07 Å². The Balaban J connectivity index is 1.74. The summed E-state index contributed by atoms with van der Waals surface area (Å²) in [4.78, 5) is 11.7. The number of benzene rings is 1. The number of carboxylic acid groups (broad SMARTS) is 1. The number of likely N-dealkylation sites (N-methyl/N-ethyl adjacent to an activating group) is 1. The van der Waals surface area contributed by atoms with Gasteiger partial charge in [-0.3, -0.25) is 4.79 Å². The molecule has 4 nitrogen and oxygen atoms in total. The van der Waals surface area contributed by atoms with Crippen molar-refractivity contribution in [3.05, 3.63) is 35.4 Å². The standard InChI is InChI=1S/C17H23NO3/c1-18-17(16(19)20,13-9-10-13)11-21-15-8-4-6-12-5-2-3-7-14(12)15/h2-3,5,7,13,15,18H,4,6,8-11H2,1H3,(H,19,20). The monoisotopic (exact) mass is 289 g/mol. The van der Waals surface area contributed by atoms with Crippen molar-refractivity contribution in [2.24, 2.45) is 5.92 Å². The molecule has 1 aromatic rings. The number of nitrogens with one attached hydrogen (secondary N) is 1. The minimum absolute atomic E-state index is 0.0285. The summed E-state index contributed by atoms with van der Waals surface area (Å²) in [7, 11) is 1.73. The van der Waals surface area contributed by atoms with Gasteiger partial charge in [0.05, 0.1) is 12.7 Å². The molecule has 114 valence electrons. The fourth-order valence-corrected chi connectivity index (χ4v) is 3.43. The molecule has 2 unspecified atom stereocenters. The minimum atomic E-state index is -0.924. The first kappa shape index (κ1) is 14.5. The quantitative estimate of drug-likeness (QED) is 0.845. The number of aryl methyl sites for hydroxylation is 1. The SMILES string of the molecule is CNC(COC1CCCc2ccccc21)(C(=O)O)C1CC1. The van der Waals surface area contributed by atoms with E-state index in [1.165, 1.54) is 11.1 Å². The van der Waals surface area contributed by atoms with Crippen LogP contribution < -0.4 is 5.32 Å². The number of hydrogen-bond acceptors (Lipinski definition) is 3. The largest absolute Gasteiger partial charge is 0.480 e. The highest BCUT2D eigenvalue weighted by Crippen LogP contribution is 2.41. The molecule has 0 radical (unpaired) electrons. The normalized spacial score (nSPS) is 24.1. The van der Waals surface area contributed by atoms with E-state index in [0.717, 1.165) is 32.1 Å². The van der Waals surface area contributed by atoms with Gasteiger partial charge in [-0.25, -0.2) is 0 Å². The van der Waals surface area contributed by atoms with Crippen LogP contribution in [0.5, 0.6) is 0 Å². The van der Waals surface area contributed by atoms with Gasteiger partial charge >= 0.3 is 5.97 Å². The van der Waals surface area contributed by atoms with Gasteiger partial charge in [0.2, 0.25) is 0 Å². The van der Waals surface area contributed by atoms with Crippen LogP contribution in [0.25, 0.3) is 0 Å². The Hall–Kier alpha value is -1.39. The lowest BCUT2D eigenvalue weighted by atomic mass is 9.89. The first-order valence-corrected chi connectivity index (χ1v) is 7.79. The predicted molar refractivity (Wildman–Crippen MR) is 80.2 cm³/mol. The van der Waals surface area contributed by atoms with E-state index in [2.05, 4.69) is 23.5 Å². The van der Waals surface area contributed by atoms with Gasteiger partial charge in [-0.05, 0) is 56.2 Å². The van der Waals surface area contributed by atoms with E-state index in [4.69, 9.17) is 4.74 Å². The smallest absolute Gasteiger partial charge is 0.326 e. The molecule has 0 amide bonds. The molecule has 2 atom stereocenters. The summed E-state index contributed by atoms with van der Waals surface area (Å²) in [5, 5.41) is 12.6. The fourth-order valence-electron chi connectivity index (χ4n) is 3.43. The van der Waals surface area contributed by atoms with Gasteiger partial charge in [-0.2, -0.15) is 0 Å². The maximum atomic E-state index is 11.7. The van der Waals surface area contributed by atoms with Gasteiger partial charge in [0.1, 0.15) is 5.54 Å². The highest BCUT2D eigenvalue weighted by molar-refractivity contribution is 5.80. The third-order valence-corrected chi connectivity index (χ3v) is 4.93. The maximum absolute atomic E-state index is 11.7. The first-order chi connectivity index (χ1) is 10.2. The summed E-state index contributed by atoms with van der Waals surface area (Å²) in [6.07, 6.45) is 5.14. The number of ether oxygens (including phenoxy) is 1. The van der Waals surface area contributed by atoms with Crippen LogP contribution >= 0.6 is 0 Å². The second kappa shape index (κ2) is 5.78. The van der Waals surface area contributed by atoms with E-state index < -0.39 is 11.5 Å². The number of rotatable bonds is 6. The van der Waals surface area contributed by atoms with Gasteiger partial charge in [-0.15, -0.1) is 0 Å². The summed E-state index contributed by atoms with van der Waals surface area (Å²) in [6.45, 7) is 0.239. The van der Waals surface area contributed by atoms with Gasteiger partial charge in [0, 0.05) is 0 Å². The molecule has 0 saturated heterocycles. The second-order valence-electron chi connectivity index (χ2n) is 6.19. The molecule has 0 heterocycles. The Morgan fingerprint density at radius 2 is 2.14 bits per heavy atom. The molecule has 2 aliphatic rings. The zero-order chi connectivity index (χ0) is 14.9. The zero-order valence-corrected chi connectivity index (χ0v) is 12.5. The lowest BCUT2D eigenvalue weighted by Gasteiger charge is -2.33. The lowest BCUT2D eigenvalue weighted by Crippen LogP contribution is -2.56. The van der Waals surface area contributed by atoms with Crippen molar-refractivity contribution in [1.82, 2.24) is 5.32 Å². The third-order valence-electron chi connectivity index (χ3n) is 4.93. The highest BCUT2D eigenvalue weighted by atomic mass is 16.5.